The molecule has 178 valence electrons. The molecule has 7 nitrogen and oxygen atoms in total. The zero-order valence-electron chi connectivity index (χ0n) is 18.0. The molecule has 2 aliphatic heterocycles. The molecule has 5 rings (SSSR count). The predicted molar refractivity (Wildman–Crippen MR) is 109 cm³/mol. The fraction of sp³-hybridized carbons (Fsp3) is 0.591. The maximum atomic E-state index is 14.1. The van der Waals surface area contributed by atoms with Crippen molar-refractivity contribution in [1.82, 2.24) is 24.6 Å². The minimum Gasteiger partial charge on any atom is -0.487 e. The molecule has 3 heterocycles. The van der Waals surface area contributed by atoms with Gasteiger partial charge in [-0.1, -0.05) is 0 Å². The Morgan fingerprint density at radius 3 is 2.39 bits per heavy atom. The molecule has 1 atom stereocenters. The fourth-order valence-corrected chi connectivity index (χ4v) is 5.24. The molecule has 1 saturated carbocycles. The number of nitrogens with zero attached hydrogens (tertiary/aromatic N) is 5. The molecule has 2 saturated heterocycles. The van der Waals surface area contributed by atoms with Crippen LogP contribution in [0.1, 0.15) is 43.7 Å². The SMILES string of the molecule is O=C(N1CC[C@H](n2cnnc2)C1)N1CC2(CCC(Oc3ccc(C(F)(F)F)cc3F)CC2)C1. The summed E-state index contributed by atoms with van der Waals surface area (Å²) in [5, 5.41) is 7.66. The van der Waals surface area contributed by atoms with Gasteiger partial charge < -0.3 is 19.1 Å². The molecule has 1 spiro atoms. The topological polar surface area (TPSA) is 63.5 Å². The normalized spacial score (nSPS) is 23.1. The highest BCUT2D eigenvalue weighted by Crippen LogP contribution is 2.45. The Bertz CT molecular complexity index is 997. The number of aromatic nitrogens is 3. The minimum atomic E-state index is -4.59. The van der Waals surface area contributed by atoms with Crippen molar-refractivity contribution in [2.24, 2.45) is 5.41 Å². The summed E-state index contributed by atoms with van der Waals surface area (Å²) in [4.78, 5) is 16.6. The molecule has 0 unspecified atom stereocenters. The minimum absolute atomic E-state index is 0.0569. The number of halogens is 4. The van der Waals surface area contributed by atoms with E-state index in [4.69, 9.17) is 4.74 Å². The van der Waals surface area contributed by atoms with Crippen molar-refractivity contribution in [3.05, 3.63) is 42.2 Å². The van der Waals surface area contributed by atoms with E-state index in [1.807, 2.05) is 14.4 Å². The maximum absolute atomic E-state index is 14.1. The number of ether oxygens (including phenoxy) is 1. The number of carbonyl (C=O) groups is 1. The molecule has 3 aliphatic rings. The first-order chi connectivity index (χ1) is 15.7. The lowest BCUT2D eigenvalue weighted by Gasteiger charge is -2.53. The summed E-state index contributed by atoms with van der Waals surface area (Å²) in [6, 6.07) is 2.62. The van der Waals surface area contributed by atoms with E-state index >= 15 is 0 Å². The van der Waals surface area contributed by atoms with Crippen LogP contribution in [0.5, 0.6) is 5.75 Å². The third-order valence-corrected chi connectivity index (χ3v) is 7.16. The summed E-state index contributed by atoms with van der Waals surface area (Å²) in [7, 11) is 0. The van der Waals surface area contributed by atoms with Gasteiger partial charge in [0, 0.05) is 31.6 Å². The van der Waals surface area contributed by atoms with Crippen LogP contribution < -0.4 is 4.74 Å². The summed E-state index contributed by atoms with van der Waals surface area (Å²) >= 11 is 0. The van der Waals surface area contributed by atoms with Gasteiger partial charge in [0.05, 0.1) is 17.7 Å². The molecule has 0 N–H and O–H groups in total. The Balaban J connectivity index is 1.10. The zero-order chi connectivity index (χ0) is 23.2. The number of hydrogen-bond acceptors (Lipinski definition) is 4. The molecular formula is C22H25F4N5O2. The van der Waals surface area contributed by atoms with Gasteiger partial charge in [-0.05, 0) is 50.3 Å². The Hall–Kier alpha value is -2.85. The quantitative estimate of drug-likeness (QED) is 0.637. The van der Waals surface area contributed by atoms with Gasteiger partial charge in [-0.25, -0.2) is 9.18 Å². The number of alkyl halides is 3. The van der Waals surface area contributed by atoms with Gasteiger partial charge in [-0.2, -0.15) is 13.2 Å². The van der Waals surface area contributed by atoms with Crippen LogP contribution >= 0.6 is 0 Å². The first kappa shape index (κ1) is 22.0. The summed E-state index contributed by atoms with van der Waals surface area (Å²) < 4.78 is 59.8. The Morgan fingerprint density at radius 2 is 1.76 bits per heavy atom. The molecule has 1 aromatic carbocycles. The largest absolute Gasteiger partial charge is 0.487 e. The molecule has 3 fully saturated rings. The van der Waals surface area contributed by atoms with E-state index in [0.717, 1.165) is 31.4 Å². The molecule has 2 amide bonds. The van der Waals surface area contributed by atoms with E-state index in [0.29, 0.717) is 45.1 Å². The van der Waals surface area contributed by atoms with Crippen LogP contribution in [0.15, 0.2) is 30.9 Å². The van der Waals surface area contributed by atoms with Gasteiger partial charge in [0.15, 0.2) is 11.6 Å². The number of likely N-dealkylation sites (tertiary alicyclic amines) is 2. The van der Waals surface area contributed by atoms with Crippen molar-refractivity contribution in [2.45, 2.75) is 50.4 Å². The molecule has 1 aliphatic carbocycles. The Labute approximate surface area is 188 Å². The maximum Gasteiger partial charge on any atom is 0.416 e. The van der Waals surface area contributed by atoms with Crippen molar-refractivity contribution in [1.29, 1.82) is 0 Å². The van der Waals surface area contributed by atoms with Crippen LogP contribution in [0.3, 0.4) is 0 Å². The summed E-state index contributed by atoms with van der Waals surface area (Å²) in [6.07, 6.45) is 2.45. The Kier molecular flexibility index (Phi) is 5.44. The van der Waals surface area contributed by atoms with Crippen molar-refractivity contribution in [3.63, 3.8) is 0 Å². The number of amides is 2. The highest BCUT2D eigenvalue weighted by molar-refractivity contribution is 5.76. The molecule has 0 radical (unpaired) electrons. The second-order valence-electron chi connectivity index (χ2n) is 9.40. The van der Waals surface area contributed by atoms with Gasteiger partial charge in [0.2, 0.25) is 0 Å². The van der Waals surface area contributed by atoms with Gasteiger partial charge >= 0.3 is 12.2 Å². The van der Waals surface area contributed by atoms with Crippen LogP contribution in [-0.4, -0.2) is 62.9 Å². The summed E-state index contributed by atoms with van der Waals surface area (Å²) in [5.74, 6) is -1.15. The van der Waals surface area contributed by atoms with Gasteiger partial charge in [0.1, 0.15) is 12.7 Å². The van der Waals surface area contributed by atoms with Crippen molar-refractivity contribution in [3.8, 4) is 5.75 Å². The van der Waals surface area contributed by atoms with Crippen molar-refractivity contribution >= 4 is 6.03 Å². The number of rotatable bonds is 3. The number of hydrogen-bond donors (Lipinski definition) is 0. The molecular weight excluding hydrogens is 442 g/mol. The molecule has 33 heavy (non-hydrogen) atoms. The lowest BCUT2D eigenvalue weighted by molar-refractivity contribution is -0.137. The standard InChI is InChI=1S/C22H25F4N5O2/c23-18-9-15(22(24,25)26)1-2-19(18)33-17-3-6-21(7-4-17)11-30(12-21)20(32)29-8-5-16(10-29)31-13-27-28-14-31/h1-2,9,13-14,16-17H,3-8,10-12H2/t16-/m0/s1. The fourth-order valence-electron chi connectivity index (χ4n) is 5.24. The number of benzene rings is 1. The van der Waals surface area contributed by atoms with Crippen molar-refractivity contribution in [2.75, 3.05) is 26.2 Å². The molecule has 0 bridgehead atoms. The number of urea groups is 1. The van der Waals surface area contributed by atoms with Gasteiger partial charge in [-0.3, -0.25) is 0 Å². The predicted octanol–water partition coefficient (Wildman–Crippen LogP) is 4.13. The average molecular weight is 467 g/mol. The monoisotopic (exact) mass is 467 g/mol. The lowest BCUT2D eigenvalue weighted by atomic mass is 9.68. The van der Waals surface area contributed by atoms with E-state index in [1.54, 1.807) is 12.7 Å². The van der Waals surface area contributed by atoms with Crippen LogP contribution in [0, 0.1) is 11.2 Å². The molecule has 11 heteroatoms. The highest BCUT2D eigenvalue weighted by atomic mass is 19.4. The third-order valence-electron chi connectivity index (χ3n) is 7.16. The average Bonchev–Trinajstić information content (AvgIpc) is 3.45. The molecule has 2 aromatic rings. The smallest absolute Gasteiger partial charge is 0.416 e. The summed E-state index contributed by atoms with van der Waals surface area (Å²) in [6.45, 7) is 2.75. The van der Waals surface area contributed by atoms with E-state index < -0.39 is 17.6 Å². The molecule has 1 aromatic heterocycles. The highest BCUT2D eigenvalue weighted by Gasteiger charge is 2.48. The van der Waals surface area contributed by atoms with E-state index in [1.165, 1.54) is 0 Å². The second-order valence-corrected chi connectivity index (χ2v) is 9.40. The van der Waals surface area contributed by atoms with Gasteiger partial charge in [-0.15, -0.1) is 10.2 Å². The Morgan fingerprint density at radius 1 is 1.06 bits per heavy atom. The van der Waals surface area contributed by atoms with E-state index in [-0.39, 0.29) is 29.3 Å². The van der Waals surface area contributed by atoms with E-state index in [9.17, 15) is 22.4 Å². The van der Waals surface area contributed by atoms with Crippen LogP contribution in [-0.2, 0) is 6.18 Å². The van der Waals surface area contributed by atoms with Gasteiger partial charge in [0.25, 0.3) is 0 Å². The van der Waals surface area contributed by atoms with Crippen LogP contribution in [0.4, 0.5) is 22.4 Å². The first-order valence-electron chi connectivity index (χ1n) is 11.1. The second kappa shape index (κ2) is 8.18. The van der Waals surface area contributed by atoms with Crippen molar-refractivity contribution < 1.29 is 27.1 Å². The zero-order valence-corrected chi connectivity index (χ0v) is 18.0. The third kappa shape index (κ3) is 4.37. The summed E-state index contributed by atoms with van der Waals surface area (Å²) in [5.41, 5.74) is -0.970. The van der Waals surface area contributed by atoms with Crippen LogP contribution in [0.25, 0.3) is 0 Å². The van der Waals surface area contributed by atoms with E-state index in [2.05, 4.69) is 10.2 Å². The van der Waals surface area contributed by atoms with Crippen LogP contribution in [0.2, 0.25) is 0 Å². The lowest BCUT2D eigenvalue weighted by Crippen LogP contribution is -2.62. The number of carbonyl (C=O) groups excluding carboxylic acids is 1. The first-order valence-corrected chi connectivity index (χ1v) is 11.1.